The number of H-pyrrole nitrogens is 1. The quantitative estimate of drug-likeness (QED) is 0.905. The maximum absolute atomic E-state index is 11.7. The number of benzene rings is 1. The molecule has 1 aromatic carbocycles. The van der Waals surface area contributed by atoms with Crippen molar-refractivity contribution in [1.82, 2.24) is 9.88 Å². The lowest BCUT2D eigenvalue weighted by Crippen LogP contribution is -2.46. The van der Waals surface area contributed by atoms with Crippen molar-refractivity contribution in [2.75, 3.05) is 6.54 Å². The number of aromatic amines is 1. The molecule has 1 aromatic heterocycles. The minimum Gasteiger partial charge on any atom is -0.391 e. The van der Waals surface area contributed by atoms with E-state index in [1.807, 2.05) is 6.07 Å². The van der Waals surface area contributed by atoms with Gasteiger partial charge in [0.2, 0.25) is 0 Å². The zero-order chi connectivity index (χ0) is 14.4. The lowest BCUT2D eigenvalue weighted by Gasteiger charge is -2.34. The standard InChI is InChI=1S/C17H20N2O2/c20-13-7-12-8-17(21)16(9-13)19(12)6-5-11-10-18-15-4-2-1-3-14(11)15/h1-4,10,12,16-18,21H,5-9H2/t12-,16+,17-/m0/s1. The lowest BCUT2D eigenvalue weighted by molar-refractivity contribution is -0.124. The van der Waals surface area contributed by atoms with Crippen LogP contribution in [0.1, 0.15) is 24.8 Å². The molecule has 2 fully saturated rings. The first-order valence-corrected chi connectivity index (χ1v) is 7.73. The van der Waals surface area contributed by atoms with Crippen LogP contribution in [-0.4, -0.2) is 45.5 Å². The Morgan fingerprint density at radius 1 is 1.29 bits per heavy atom. The lowest BCUT2D eigenvalue weighted by atomic mass is 10.00. The maximum Gasteiger partial charge on any atom is 0.136 e. The highest BCUT2D eigenvalue weighted by atomic mass is 16.3. The van der Waals surface area contributed by atoms with Gasteiger partial charge < -0.3 is 10.1 Å². The van der Waals surface area contributed by atoms with Crippen molar-refractivity contribution in [3.8, 4) is 0 Å². The van der Waals surface area contributed by atoms with Crippen LogP contribution in [0.25, 0.3) is 10.9 Å². The topological polar surface area (TPSA) is 56.3 Å². The van der Waals surface area contributed by atoms with Crippen LogP contribution in [0.3, 0.4) is 0 Å². The number of rotatable bonds is 3. The first kappa shape index (κ1) is 13.0. The fraction of sp³-hybridized carbons (Fsp3) is 0.471. The molecular formula is C17H20N2O2. The third-order valence-electron chi connectivity index (χ3n) is 5.07. The highest BCUT2D eigenvalue weighted by Gasteiger charge is 2.45. The van der Waals surface area contributed by atoms with Crippen LogP contribution in [0.4, 0.5) is 0 Å². The fourth-order valence-corrected chi connectivity index (χ4v) is 4.03. The number of carbonyl (C=O) groups excluding carboxylic acids is 1. The van der Waals surface area contributed by atoms with Crippen LogP contribution in [-0.2, 0) is 11.2 Å². The molecule has 2 aliphatic rings. The molecule has 2 aromatic rings. The third kappa shape index (κ3) is 2.19. The molecule has 4 heteroatoms. The minimum absolute atomic E-state index is 0.0430. The predicted molar refractivity (Wildman–Crippen MR) is 81.1 cm³/mol. The molecule has 4 rings (SSSR count). The first-order chi connectivity index (χ1) is 10.2. The summed E-state index contributed by atoms with van der Waals surface area (Å²) in [4.78, 5) is 17.3. The van der Waals surface area contributed by atoms with Crippen molar-refractivity contribution < 1.29 is 9.90 Å². The van der Waals surface area contributed by atoms with Crippen molar-refractivity contribution in [3.05, 3.63) is 36.0 Å². The molecule has 0 amide bonds. The summed E-state index contributed by atoms with van der Waals surface area (Å²) in [5, 5.41) is 11.4. The van der Waals surface area contributed by atoms with Gasteiger partial charge in [-0.3, -0.25) is 9.69 Å². The minimum atomic E-state index is -0.329. The number of Topliss-reactive ketones (excluding diaryl/α,β-unsaturated/α-hetero) is 1. The number of aromatic nitrogens is 1. The molecule has 0 unspecified atom stereocenters. The van der Waals surface area contributed by atoms with E-state index in [0.717, 1.165) is 19.4 Å². The van der Waals surface area contributed by atoms with E-state index in [1.165, 1.54) is 16.5 Å². The number of hydrogen-bond acceptors (Lipinski definition) is 3. The number of piperidine rings is 1. The molecule has 3 atom stereocenters. The van der Waals surface area contributed by atoms with Gasteiger partial charge in [0.1, 0.15) is 5.78 Å². The van der Waals surface area contributed by atoms with Crippen LogP contribution in [0, 0.1) is 0 Å². The Bertz CT molecular complexity index is 678. The van der Waals surface area contributed by atoms with Gasteiger partial charge in [-0.05, 0) is 24.5 Å². The van der Waals surface area contributed by atoms with Gasteiger partial charge in [0.25, 0.3) is 0 Å². The summed E-state index contributed by atoms with van der Waals surface area (Å²) in [5.41, 5.74) is 2.49. The van der Waals surface area contributed by atoms with Gasteiger partial charge in [0, 0.05) is 48.6 Å². The fourth-order valence-electron chi connectivity index (χ4n) is 4.03. The van der Waals surface area contributed by atoms with Gasteiger partial charge >= 0.3 is 0 Å². The zero-order valence-corrected chi connectivity index (χ0v) is 12.0. The molecular weight excluding hydrogens is 264 g/mol. The Labute approximate surface area is 123 Å². The Kier molecular flexibility index (Phi) is 3.08. The van der Waals surface area contributed by atoms with E-state index in [4.69, 9.17) is 0 Å². The van der Waals surface area contributed by atoms with Crippen LogP contribution >= 0.6 is 0 Å². The average molecular weight is 284 g/mol. The summed E-state index contributed by atoms with van der Waals surface area (Å²) in [7, 11) is 0. The Balaban J connectivity index is 1.51. The molecule has 0 aliphatic carbocycles. The van der Waals surface area contributed by atoms with E-state index in [2.05, 4.69) is 34.3 Å². The molecule has 3 heterocycles. The van der Waals surface area contributed by atoms with Gasteiger partial charge in [-0.2, -0.15) is 0 Å². The summed E-state index contributed by atoms with van der Waals surface area (Å²) < 4.78 is 0. The van der Waals surface area contributed by atoms with Gasteiger partial charge in [-0.1, -0.05) is 18.2 Å². The summed E-state index contributed by atoms with van der Waals surface area (Å²) in [6, 6.07) is 8.62. The zero-order valence-electron chi connectivity index (χ0n) is 12.0. The number of fused-ring (bicyclic) bond motifs is 3. The van der Waals surface area contributed by atoms with E-state index in [0.29, 0.717) is 18.6 Å². The van der Waals surface area contributed by atoms with E-state index >= 15 is 0 Å². The summed E-state index contributed by atoms with van der Waals surface area (Å²) >= 11 is 0. The Morgan fingerprint density at radius 3 is 3.00 bits per heavy atom. The van der Waals surface area contributed by atoms with Crippen molar-refractivity contribution in [1.29, 1.82) is 0 Å². The Morgan fingerprint density at radius 2 is 2.14 bits per heavy atom. The second kappa shape index (κ2) is 4.97. The van der Waals surface area contributed by atoms with Gasteiger partial charge in [0.15, 0.2) is 0 Å². The molecule has 0 spiro atoms. The number of para-hydroxylation sites is 1. The first-order valence-electron chi connectivity index (χ1n) is 7.73. The van der Waals surface area contributed by atoms with Crippen molar-refractivity contribution in [2.24, 2.45) is 0 Å². The van der Waals surface area contributed by atoms with E-state index in [-0.39, 0.29) is 18.2 Å². The van der Waals surface area contributed by atoms with Crippen molar-refractivity contribution in [2.45, 2.75) is 43.9 Å². The second-order valence-corrected chi connectivity index (χ2v) is 6.32. The molecule has 2 N–H and O–H groups in total. The number of ketones is 1. The van der Waals surface area contributed by atoms with Gasteiger partial charge in [-0.15, -0.1) is 0 Å². The van der Waals surface area contributed by atoms with E-state index < -0.39 is 0 Å². The smallest absolute Gasteiger partial charge is 0.136 e. The summed E-state index contributed by atoms with van der Waals surface area (Å²) in [5.74, 6) is 0.310. The van der Waals surface area contributed by atoms with Crippen molar-refractivity contribution in [3.63, 3.8) is 0 Å². The van der Waals surface area contributed by atoms with Crippen LogP contribution < -0.4 is 0 Å². The highest BCUT2D eigenvalue weighted by molar-refractivity contribution is 5.83. The molecule has 2 bridgehead atoms. The van der Waals surface area contributed by atoms with Crippen LogP contribution in [0.2, 0.25) is 0 Å². The molecule has 2 saturated heterocycles. The van der Waals surface area contributed by atoms with Crippen molar-refractivity contribution >= 4 is 16.7 Å². The molecule has 0 radical (unpaired) electrons. The van der Waals surface area contributed by atoms with E-state index in [1.54, 1.807) is 0 Å². The largest absolute Gasteiger partial charge is 0.391 e. The number of hydrogen-bond donors (Lipinski definition) is 2. The number of carbonyl (C=O) groups is 1. The SMILES string of the molecule is O=C1C[C@H]2C[C@H](O)[C@@H](C1)N2CCc1c[nH]c2ccccc12. The molecule has 4 nitrogen and oxygen atoms in total. The number of nitrogens with one attached hydrogen (secondary N) is 1. The number of nitrogens with zero attached hydrogens (tertiary/aromatic N) is 1. The van der Waals surface area contributed by atoms with Crippen LogP contribution in [0.15, 0.2) is 30.5 Å². The Hall–Kier alpha value is -1.65. The van der Waals surface area contributed by atoms with Gasteiger partial charge in [-0.25, -0.2) is 0 Å². The second-order valence-electron chi connectivity index (χ2n) is 6.32. The molecule has 0 saturated carbocycles. The van der Waals surface area contributed by atoms with Gasteiger partial charge in [0.05, 0.1) is 6.10 Å². The van der Waals surface area contributed by atoms with Crippen LogP contribution in [0.5, 0.6) is 0 Å². The monoisotopic (exact) mass is 284 g/mol. The average Bonchev–Trinajstić information content (AvgIpc) is 2.96. The predicted octanol–water partition coefficient (Wildman–Crippen LogP) is 1.88. The summed E-state index contributed by atoms with van der Waals surface area (Å²) in [6.07, 6.45) is 4.59. The normalized spacial score (nSPS) is 29.4. The number of aliphatic hydroxyl groups excluding tert-OH is 1. The number of aliphatic hydroxyl groups is 1. The summed E-state index contributed by atoms with van der Waals surface area (Å²) in [6.45, 7) is 0.918. The highest BCUT2D eigenvalue weighted by Crippen LogP contribution is 2.34. The molecule has 21 heavy (non-hydrogen) atoms. The maximum atomic E-state index is 11.7. The molecule has 2 aliphatic heterocycles. The third-order valence-corrected chi connectivity index (χ3v) is 5.07. The molecule has 110 valence electrons. The van der Waals surface area contributed by atoms with E-state index in [9.17, 15) is 9.90 Å².